The van der Waals surface area contributed by atoms with Crippen LogP contribution in [-0.2, 0) is 50.2 Å². The number of aliphatic hydroxyl groups excluding tert-OH is 1. The van der Waals surface area contributed by atoms with Crippen molar-refractivity contribution < 1.29 is 64.9 Å². The van der Waals surface area contributed by atoms with Gasteiger partial charge in [-0.1, -0.05) is 88.5 Å². The number of halogens is 1. The Bertz CT molecular complexity index is 3750. The lowest BCUT2D eigenvalue weighted by molar-refractivity contribution is -0.0489. The van der Waals surface area contributed by atoms with E-state index in [-0.39, 0.29) is 86.6 Å². The van der Waals surface area contributed by atoms with Crippen LogP contribution in [0.2, 0.25) is 22.2 Å². The lowest BCUT2D eigenvalue weighted by atomic mass is 10.1. The number of carbonyl (C=O) groups is 2. The predicted molar refractivity (Wildman–Crippen MR) is 469 cm³/mol. The van der Waals surface area contributed by atoms with Crippen LogP contribution in [-0.4, -0.2) is 184 Å². The Kier molecular flexibility index (Phi) is 46.3. The third kappa shape index (κ3) is 32.0. The topological polar surface area (TPSA) is 324 Å². The van der Waals surface area contributed by atoms with Crippen molar-refractivity contribution in [2.45, 2.75) is 337 Å². The lowest BCUT2D eigenvalue weighted by Gasteiger charge is -2.39. The molecule has 6 unspecified atom stereocenters. The number of carbonyl (C=O) groups excluding carboxylic acids is 2. The van der Waals surface area contributed by atoms with Crippen molar-refractivity contribution in [1.29, 1.82) is 5.26 Å². The van der Waals surface area contributed by atoms with Crippen molar-refractivity contribution in [3.05, 3.63) is 76.6 Å². The van der Waals surface area contributed by atoms with E-state index < -0.39 is 92.7 Å². The lowest BCUT2D eigenvalue weighted by Crippen LogP contribution is -2.50. The van der Waals surface area contributed by atoms with Gasteiger partial charge in [-0.2, -0.15) is 5.26 Å². The summed E-state index contributed by atoms with van der Waals surface area (Å²) in [6, 6.07) is 2.96. The molecule has 4 aliphatic carbocycles. The van der Waals surface area contributed by atoms with Crippen LogP contribution >= 0.6 is 27.4 Å². The Morgan fingerprint density at radius 1 is 0.593 bits per heavy atom. The third-order valence-electron chi connectivity index (χ3n) is 22.8. The molecule has 2 amide bonds. The van der Waals surface area contributed by atoms with Crippen LogP contribution in [0.1, 0.15) is 264 Å². The quantitative estimate of drug-likeness (QED) is 0.0135. The first-order valence-corrected chi connectivity index (χ1v) is 50.3. The standard InChI is InChI=1S/C42H70N5O9PSi.C33H53N3O8Si.C9H18ClN2OP.CH4/c1-29(2)47(30(3)4)57(52-24-22-43-10)56-37-25-39(46-26-33(9)40(48)45-41(46)49)55-38(37)28-54-58(31(5)6,32(7)8)53-23-18-14-13-17-21-44-42(50)51-27-36-34-19-15-11-12-16-20-35(34)36;1-22(2)45(23(3)4,43-21-29-28(37)18-30(44-29)36-19-24(5)31(38)35-32(36)39)42-17-13-9-8-12-16-34-33(40)41-20-27-25-14-10-6-7-11-15-26(25)27;1-8(2)12(9(3)4)14(10)13-7-5-6-11;/h26,29-32,34-39H,13-25,27-28H2,1-9H3,(H,44,50)(H,45,48,49);19,22-23,25-30,37H,8-18,20-21H2,1-5H3,(H,34,40)(H,35,38,39);8-9H,5,7H2,1-4H3;1H4/t34-,35+,36?,37?,38-,39-,57?;25-,26+,27?,28?,29-,30-;;/m11../s1. The van der Waals surface area contributed by atoms with Crippen LogP contribution in [0.15, 0.2) is 31.6 Å². The first kappa shape index (κ1) is 104. The van der Waals surface area contributed by atoms with E-state index in [0.29, 0.717) is 118 Å². The molecule has 0 radical (unpaired) electrons. The highest BCUT2D eigenvalue weighted by molar-refractivity contribution is 7.78. The van der Waals surface area contributed by atoms with Crippen molar-refractivity contribution in [2.75, 3.05) is 72.5 Å². The molecule has 0 bridgehead atoms. The summed E-state index contributed by atoms with van der Waals surface area (Å²) in [5.74, 6) is 16.5. The Morgan fingerprint density at radius 2 is 0.992 bits per heavy atom. The zero-order valence-electron chi connectivity index (χ0n) is 73.3. The third-order valence-corrected chi connectivity index (χ3v) is 36.5. The number of amides is 2. The number of aromatic nitrogens is 4. The number of nitrogens with one attached hydrogen (secondary N) is 4. The van der Waals surface area contributed by atoms with E-state index in [1.54, 1.807) is 13.8 Å². The highest BCUT2D eigenvalue weighted by atomic mass is 35.7. The Hall–Kier alpha value is -4.90. The molecular formula is C85H145ClN10O18P2Si2. The predicted octanol–water partition coefficient (Wildman–Crippen LogP) is 16.5. The molecule has 0 aromatic carbocycles. The van der Waals surface area contributed by atoms with Crippen LogP contribution in [0.3, 0.4) is 0 Å². The van der Waals surface area contributed by atoms with Gasteiger partial charge in [-0.25, -0.2) is 35.1 Å². The van der Waals surface area contributed by atoms with E-state index >= 15 is 0 Å². The van der Waals surface area contributed by atoms with Gasteiger partial charge in [-0.3, -0.25) is 28.7 Å². The number of alkyl carbamates (subject to hydrolysis) is 2. The summed E-state index contributed by atoms with van der Waals surface area (Å²) in [4.78, 5) is 81.9. The number of ether oxygens (including phenoxy) is 4. The van der Waals surface area contributed by atoms with Gasteiger partial charge in [-0.15, -0.1) is 23.7 Å². The summed E-state index contributed by atoms with van der Waals surface area (Å²) in [6.45, 7) is 48.8. The minimum Gasteiger partial charge on any atom is -0.449 e. The molecule has 2 saturated heterocycles. The zero-order valence-corrected chi connectivity index (χ0v) is 77.8. The largest absolute Gasteiger partial charge is 0.449 e. The van der Waals surface area contributed by atoms with Gasteiger partial charge in [0.25, 0.3) is 19.6 Å². The van der Waals surface area contributed by atoms with Gasteiger partial charge in [0.15, 0.2) is 0 Å². The second kappa shape index (κ2) is 52.7. The number of aromatic amines is 2. The fraction of sp³-hybridized carbons (Fsp3) is 0.812. The van der Waals surface area contributed by atoms with Gasteiger partial charge in [-0.05, 0) is 190 Å². The molecule has 0 spiro atoms. The number of unbranched alkanes of at least 4 members (excludes halogenated alkanes) is 6. The normalized spacial score (nSPS) is 23.2. The van der Waals surface area contributed by atoms with E-state index in [2.05, 4.69) is 169 Å². The zero-order chi connectivity index (χ0) is 86.1. The minimum atomic E-state index is -2.82. The Balaban J connectivity index is 0.000000366. The van der Waals surface area contributed by atoms with Crippen molar-refractivity contribution in [3.8, 4) is 29.8 Å². The van der Waals surface area contributed by atoms with Crippen molar-refractivity contribution in [2.24, 2.45) is 35.5 Å². The van der Waals surface area contributed by atoms with E-state index in [0.717, 1.165) is 103 Å². The molecule has 14 atom stereocenters. The number of hydrogen-bond acceptors (Lipinski definition) is 21. The molecule has 5 N–H and O–H groups in total. The first-order valence-electron chi connectivity index (χ1n) is 43.1. The smallest absolute Gasteiger partial charge is 0.407 e. The fourth-order valence-electron chi connectivity index (χ4n) is 16.6. The van der Waals surface area contributed by atoms with Crippen LogP contribution in [0.4, 0.5) is 9.59 Å². The molecular weight excluding hydrogens is 1600 g/mol. The average Bonchev–Trinajstić information content (AvgIpc) is 1.63. The minimum absolute atomic E-state index is 0. The molecule has 668 valence electrons. The summed E-state index contributed by atoms with van der Waals surface area (Å²) in [6.07, 6.45) is 15.1. The van der Waals surface area contributed by atoms with Crippen LogP contribution in [0.5, 0.6) is 0 Å². The molecule has 4 fully saturated rings. The molecule has 28 nitrogen and oxygen atoms in total. The second-order valence-electron chi connectivity index (χ2n) is 34.1. The fourth-order valence-corrected chi connectivity index (χ4v) is 27.9. The van der Waals surface area contributed by atoms with E-state index in [9.17, 15) is 33.9 Å². The van der Waals surface area contributed by atoms with Gasteiger partial charge < -0.3 is 70.8 Å². The summed E-state index contributed by atoms with van der Waals surface area (Å²) < 4.78 is 76.0. The number of rotatable bonds is 46. The monoisotopic (exact) mass is 1750 g/mol. The summed E-state index contributed by atoms with van der Waals surface area (Å²) >= 11 is 6.13. The molecule has 8 rings (SSSR count). The maximum atomic E-state index is 13.0. The summed E-state index contributed by atoms with van der Waals surface area (Å²) in [5.41, 5.74) is -0.571. The number of H-pyrrole nitrogens is 2. The summed E-state index contributed by atoms with van der Waals surface area (Å²) in [5, 5.41) is 24.9. The average molecular weight is 1750 g/mol. The first-order chi connectivity index (χ1) is 55.7. The molecule has 2 aliphatic heterocycles. The highest BCUT2D eigenvalue weighted by Crippen LogP contribution is 2.55. The van der Waals surface area contributed by atoms with Gasteiger partial charge in [0, 0.05) is 113 Å². The number of hydrogen-bond donors (Lipinski definition) is 5. The number of aryl methyl sites for hydroxylation is 2. The summed E-state index contributed by atoms with van der Waals surface area (Å²) in [7, 11) is -8.18. The molecule has 6 aliphatic rings. The SMILES string of the molecule is C.CC(C)N(C(C)C)P(Cl)OCCC#N.Cc1cn([C@H]2CC(O)[C@@H](CO[Si](OCCCCCCNC(=O)OCC3[C@H]4CCC#CCC[C@@H]34)(C(C)C)C(C)C)O2)c(=O)[nH]c1=O.[C-]#[N+]CCOP(OC1C[C@H](n2cc(C)c(=O)[nH]c2=O)O[C@@H]1CO[Si](OCCCCCCNC(=O)OCC1[C@H]2CCC#CCC[C@@H]12)(C(C)C)C(C)C)N(C(C)C)C(C)C. The van der Waals surface area contributed by atoms with Gasteiger partial charge in [0.1, 0.15) is 31.3 Å². The number of nitriles is 1. The van der Waals surface area contributed by atoms with Crippen molar-refractivity contribution >= 4 is 56.7 Å². The maximum Gasteiger partial charge on any atom is 0.407 e. The molecule has 118 heavy (non-hydrogen) atoms. The maximum absolute atomic E-state index is 13.0. The van der Waals surface area contributed by atoms with Crippen molar-refractivity contribution in [1.82, 2.24) is 39.1 Å². The molecule has 2 aromatic rings. The Morgan fingerprint density at radius 3 is 1.39 bits per heavy atom. The second-order valence-corrected chi connectivity index (χ2v) is 46.2. The van der Waals surface area contributed by atoms with Crippen molar-refractivity contribution in [3.63, 3.8) is 0 Å². The number of aliphatic hydroxyl groups is 1. The van der Waals surface area contributed by atoms with Gasteiger partial charge >= 0.3 is 40.7 Å². The van der Waals surface area contributed by atoms with E-state index in [1.165, 1.54) is 21.5 Å². The molecule has 2 saturated carbocycles. The van der Waals surface area contributed by atoms with Crippen LogP contribution < -0.4 is 33.1 Å². The van der Waals surface area contributed by atoms with E-state index in [4.69, 9.17) is 73.3 Å². The number of nitrogens with zero attached hydrogens (tertiary/aromatic N) is 6. The van der Waals surface area contributed by atoms with Crippen LogP contribution in [0, 0.1) is 90.9 Å². The molecule has 33 heteroatoms. The molecule has 4 heterocycles. The number of fused-ring (bicyclic) bond motifs is 2. The van der Waals surface area contributed by atoms with Gasteiger partial charge in [0.05, 0.1) is 57.7 Å². The molecule has 2 aromatic heterocycles. The van der Waals surface area contributed by atoms with Gasteiger partial charge in [0.2, 0.25) is 14.2 Å². The highest BCUT2D eigenvalue weighted by Gasteiger charge is 2.52. The van der Waals surface area contributed by atoms with Crippen LogP contribution in [0.25, 0.3) is 4.85 Å². The van der Waals surface area contributed by atoms with E-state index in [1.807, 2.05) is 6.07 Å². The Labute approximate surface area is 713 Å².